The number of hydrogen-bond donors (Lipinski definition) is 1. The third-order valence-electron chi connectivity index (χ3n) is 6.41. The van der Waals surface area contributed by atoms with E-state index in [9.17, 15) is 13.2 Å². The Labute approximate surface area is 188 Å². The standard InChI is InChI=1S/C24H39N3O3S/c1-6-7-15-27(20-17-23(2,3)25-24(4,5)18-20)22(28)19-11-10-12-21(16-19)31(29,30)26-13-8-9-14-26/h10-12,16,20,25H,6-9,13-15,17-18H2,1-5H3. The van der Waals surface area contributed by atoms with Crippen molar-refractivity contribution in [3.8, 4) is 0 Å². The van der Waals surface area contributed by atoms with Crippen molar-refractivity contribution in [1.82, 2.24) is 14.5 Å². The van der Waals surface area contributed by atoms with Gasteiger partial charge in [0.25, 0.3) is 5.91 Å². The van der Waals surface area contributed by atoms with E-state index in [4.69, 9.17) is 0 Å². The minimum absolute atomic E-state index is 0.0644. The highest BCUT2D eigenvalue weighted by atomic mass is 32.2. The summed E-state index contributed by atoms with van der Waals surface area (Å²) in [7, 11) is -3.55. The van der Waals surface area contributed by atoms with Gasteiger partial charge in [0.1, 0.15) is 0 Å². The molecule has 0 aliphatic carbocycles. The summed E-state index contributed by atoms with van der Waals surface area (Å²) < 4.78 is 27.6. The van der Waals surface area contributed by atoms with E-state index in [0.29, 0.717) is 25.2 Å². The number of hydrogen-bond acceptors (Lipinski definition) is 4. The van der Waals surface area contributed by atoms with Crippen LogP contribution in [0.5, 0.6) is 0 Å². The van der Waals surface area contributed by atoms with E-state index < -0.39 is 10.0 Å². The summed E-state index contributed by atoms with van der Waals surface area (Å²) in [6.45, 7) is 12.7. The smallest absolute Gasteiger partial charge is 0.254 e. The highest BCUT2D eigenvalue weighted by Gasteiger charge is 2.41. The van der Waals surface area contributed by atoms with Crippen LogP contribution in [-0.4, -0.2) is 60.3 Å². The highest BCUT2D eigenvalue weighted by molar-refractivity contribution is 7.89. The fourth-order valence-electron chi connectivity index (χ4n) is 5.30. The van der Waals surface area contributed by atoms with Crippen molar-refractivity contribution in [3.05, 3.63) is 29.8 Å². The molecule has 1 amide bonds. The van der Waals surface area contributed by atoms with Gasteiger partial charge in [0.2, 0.25) is 10.0 Å². The van der Waals surface area contributed by atoms with Gasteiger partial charge in [0, 0.05) is 42.3 Å². The van der Waals surface area contributed by atoms with E-state index in [-0.39, 0.29) is 27.9 Å². The molecule has 0 radical (unpaired) electrons. The van der Waals surface area contributed by atoms with Crippen LogP contribution in [0.2, 0.25) is 0 Å². The number of rotatable bonds is 7. The van der Waals surface area contributed by atoms with Gasteiger partial charge in [0.05, 0.1) is 4.90 Å². The maximum atomic E-state index is 13.7. The van der Waals surface area contributed by atoms with Crippen molar-refractivity contribution in [2.24, 2.45) is 0 Å². The number of carbonyl (C=O) groups excluding carboxylic acids is 1. The molecule has 0 saturated carbocycles. The molecule has 2 aliphatic heterocycles. The van der Waals surface area contributed by atoms with E-state index in [1.165, 1.54) is 4.31 Å². The monoisotopic (exact) mass is 449 g/mol. The second-order valence-electron chi connectivity index (χ2n) is 10.4. The molecule has 0 spiro atoms. The number of nitrogens with one attached hydrogen (secondary N) is 1. The van der Waals surface area contributed by atoms with Gasteiger partial charge >= 0.3 is 0 Å². The van der Waals surface area contributed by atoms with Crippen molar-refractivity contribution in [1.29, 1.82) is 0 Å². The van der Waals surface area contributed by atoms with Gasteiger partial charge in [-0.25, -0.2) is 8.42 Å². The summed E-state index contributed by atoms with van der Waals surface area (Å²) in [5, 5.41) is 3.69. The average molecular weight is 450 g/mol. The molecule has 174 valence electrons. The molecule has 6 nitrogen and oxygen atoms in total. The first kappa shape index (κ1) is 24.2. The summed E-state index contributed by atoms with van der Waals surface area (Å²) in [6, 6.07) is 6.75. The summed E-state index contributed by atoms with van der Waals surface area (Å²) >= 11 is 0. The van der Waals surface area contributed by atoms with Gasteiger partial charge in [0.15, 0.2) is 0 Å². The first-order valence-corrected chi connectivity index (χ1v) is 13.1. The molecule has 31 heavy (non-hydrogen) atoms. The lowest BCUT2D eigenvalue weighted by Crippen LogP contribution is -2.62. The van der Waals surface area contributed by atoms with Crippen LogP contribution in [0.3, 0.4) is 0 Å². The maximum Gasteiger partial charge on any atom is 0.254 e. The highest BCUT2D eigenvalue weighted by Crippen LogP contribution is 2.33. The predicted octanol–water partition coefficient (Wildman–Crippen LogP) is 4.02. The Bertz CT molecular complexity index is 873. The third kappa shape index (κ3) is 5.68. The average Bonchev–Trinajstić information content (AvgIpc) is 3.21. The van der Waals surface area contributed by atoms with Crippen molar-refractivity contribution in [3.63, 3.8) is 0 Å². The van der Waals surface area contributed by atoms with E-state index in [0.717, 1.165) is 38.5 Å². The zero-order valence-corrected chi connectivity index (χ0v) is 20.6. The molecule has 0 bridgehead atoms. The SMILES string of the molecule is CCCCN(C(=O)c1cccc(S(=O)(=O)N2CCCC2)c1)C1CC(C)(C)NC(C)(C)C1. The lowest BCUT2D eigenvalue weighted by Gasteiger charge is -2.49. The molecule has 2 heterocycles. The van der Waals surface area contributed by atoms with Crippen LogP contribution in [0, 0.1) is 0 Å². The topological polar surface area (TPSA) is 69.7 Å². The molecule has 3 rings (SSSR count). The number of piperidine rings is 1. The van der Waals surface area contributed by atoms with Crippen LogP contribution >= 0.6 is 0 Å². The second-order valence-corrected chi connectivity index (χ2v) is 12.4. The number of carbonyl (C=O) groups is 1. The quantitative estimate of drug-likeness (QED) is 0.682. The van der Waals surface area contributed by atoms with Crippen LogP contribution in [-0.2, 0) is 10.0 Å². The Balaban J connectivity index is 1.90. The van der Waals surface area contributed by atoms with Crippen LogP contribution in [0.4, 0.5) is 0 Å². The van der Waals surface area contributed by atoms with Gasteiger partial charge in [-0.1, -0.05) is 19.4 Å². The van der Waals surface area contributed by atoms with E-state index in [1.807, 2.05) is 4.90 Å². The molecule has 1 aromatic carbocycles. The van der Waals surface area contributed by atoms with Gasteiger partial charge < -0.3 is 10.2 Å². The van der Waals surface area contributed by atoms with Crippen LogP contribution in [0.15, 0.2) is 29.2 Å². The van der Waals surface area contributed by atoms with Crippen LogP contribution in [0.25, 0.3) is 0 Å². The Kier molecular flexibility index (Phi) is 7.18. The first-order valence-electron chi connectivity index (χ1n) is 11.7. The number of amides is 1. The Morgan fingerprint density at radius 3 is 2.32 bits per heavy atom. The molecule has 2 saturated heterocycles. The largest absolute Gasteiger partial charge is 0.336 e. The van der Waals surface area contributed by atoms with Crippen molar-refractivity contribution in [2.75, 3.05) is 19.6 Å². The third-order valence-corrected chi connectivity index (χ3v) is 8.30. The number of benzene rings is 1. The minimum atomic E-state index is -3.55. The normalized spacial score (nSPS) is 21.8. The Hall–Kier alpha value is -1.44. The van der Waals surface area contributed by atoms with Crippen molar-refractivity contribution >= 4 is 15.9 Å². The molecule has 0 atom stereocenters. The summed E-state index contributed by atoms with van der Waals surface area (Å²) in [4.78, 5) is 15.9. The summed E-state index contributed by atoms with van der Waals surface area (Å²) in [6.07, 6.45) is 5.47. The number of nitrogens with zero attached hydrogens (tertiary/aromatic N) is 2. The second kappa shape index (κ2) is 9.20. The lowest BCUT2D eigenvalue weighted by atomic mass is 9.78. The maximum absolute atomic E-state index is 13.7. The molecule has 2 aliphatic rings. The Morgan fingerprint density at radius 2 is 1.74 bits per heavy atom. The summed E-state index contributed by atoms with van der Waals surface area (Å²) in [5.41, 5.74) is 0.321. The van der Waals surface area contributed by atoms with E-state index in [2.05, 4.69) is 39.9 Å². The fraction of sp³-hybridized carbons (Fsp3) is 0.708. The van der Waals surface area contributed by atoms with Crippen LogP contribution < -0.4 is 5.32 Å². The van der Waals surface area contributed by atoms with Crippen molar-refractivity contribution < 1.29 is 13.2 Å². The van der Waals surface area contributed by atoms with Crippen LogP contribution in [0.1, 0.15) is 83.5 Å². The first-order chi connectivity index (χ1) is 14.5. The molecule has 7 heteroatoms. The molecule has 1 N–H and O–H groups in total. The van der Waals surface area contributed by atoms with E-state index >= 15 is 0 Å². The molecule has 0 aromatic heterocycles. The van der Waals surface area contributed by atoms with E-state index in [1.54, 1.807) is 24.3 Å². The molecule has 2 fully saturated rings. The molecular weight excluding hydrogens is 410 g/mol. The Morgan fingerprint density at radius 1 is 1.13 bits per heavy atom. The zero-order chi connectivity index (χ0) is 22.9. The molecule has 1 aromatic rings. The van der Waals surface area contributed by atoms with Gasteiger partial charge in [-0.3, -0.25) is 4.79 Å². The molecule has 0 unspecified atom stereocenters. The van der Waals surface area contributed by atoms with Crippen molar-refractivity contribution in [2.45, 2.75) is 95.2 Å². The zero-order valence-electron chi connectivity index (χ0n) is 19.8. The molecular formula is C24H39N3O3S. The van der Waals surface area contributed by atoms with Gasteiger partial charge in [-0.05, 0) is 78.0 Å². The fourth-order valence-corrected chi connectivity index (χ4v) is 6.86. The predicted molar refractivity (Wildman–Crippen MR) is 125 cm³/mol. The summed E-state index contributed by atoms with van der Waals surface area (Å²) in [5.74, 6) is -0.0644. The number of unbranched alkanes of at least 4 members (excludes halogenated alkanes) is 1. The minimum Gasteiger partial charge on any atom is -0.336 e. The number of sulfonamides is 1. The lowest BCUT2D eigenvalue weighted by molar-refractivity contribution is 0.0441. The van der Waals surface area contributed by atoms with Gasteiger partial charge in [-0.15, -0.1) is 0 Å². The van der Waals surface area contributed by atoms with Gasteiger partial charge in [-0.2, -0.15) is 4.31 Å².